The molecule has 0 fully saturated rings. The SMILES string of the molecule is CCC(=O)c1ccc(OCC(=O)O[C@@H](C)C(=O)Nc2ccc(C(N)=O)cc2)cc1. The van der Waals surface area contributed by atoms with Crippen LogP contribution in [0.5, 0.6) is 5.75 Å². The monoisotopic (exact) mass is 398 g/mol. The van der Waals surface area contributed by atoms with Crippen LogP contribution in [0.15, 0.2) is 48.5 Å². The van der Waals surface area contributed by atoms with Gasteiger partial charge in [-0.25, -0.2) is 4.79 Å². The molecule has 0 aliphatic carbocycles. The average molecular weight is 398 g/mol. The van der Waals surface area contributed by atoms with Crippen molar-refractivity contribution in [2.45, 2.75) is 26.4 Å². The van der Waals surface area contributed by atoms with Crippen molar-refractivity contribution in [2.24, 2.45) is 5.73 Å². The van der Waals surface area contributed by atoms with Crippen LogP contribution in [0, 0.1) is 0 Å². The molecule has 0 radical (unpaired) electrons. The lowest BCUT2D eigenvalue weighted by atomic mass is 10.1. The first-order chi connectivity index (χ1) is 13.8. The van der Waals surface area contributed by atoms with E-state index in [1.54, 1.807) is 31.2 Å². The standard InChI is InChI=1S/C21H22N2O6/c1-3-18(24)14-6-10-17(11-7-14)28-12-19(25)29-13(2)21(27)23-16-8-4-15(5-9-16)20(22)26/h4-11,13H,3,12H2,1-2H3,(H2,22,26)(H,23,27)/t13-/m0/s1. The van der Waals surface area contributed by atoms with E-state index in [1.807, 2.05) is 0 Å². The minimum atomic E-state index is -1.05. The fourth-order valence-corrected chi connectivity index (χ4v) is 2.33. The smallest absolute Gasteiger partial charge is 0.344 e. The summed E-state index contributed by atoms with van der Waals surface area (Å²) in [5, 5.41) is 2.57. The summed E-state index contributed by atoms with van der Waals surface area (Å²) >= 11 is 0. The minimum Gasteiger partial charge on any atom is -0.482 e. The number of nitrogens with two attached hydrogens (primary N) is 1. The van der Waals surface area contributed by atoms with Crippen LogP contribution in [0.1, 0.15) is 41.0 Å². The van der Waals surface area contributed by atoms with E-state index < -0.39 is 23.9 Å². The van der Waals surface area contributed by atoms with E-state index in [4.69, 9.17) is 15.2 Å². The third kappa shape index (κ3) is 6.46. The molecule has 0 spiro atoms. The fourth-order valence-electron chi connectivity index (χ4n) is 2.33. The number of hydrogen-bond donors (Lipinski definition) is 2. The number of amides is 2. The van der Waals surface area contributed by atoms with Gasteiger partial charge in [0.2, 0.25) is 5.91 Å². The lowest BCUT2D eigenvalue weighted by molar-refractivity contribution is -0.155. The van der Waals surface area contributed by atoms with Gasteiger partial charge in [0.25, 0.3) is 5.91 Å². The highest BCUT2D eigenvalue weighted by Crippen LogP contribution is 2.14. The molecule has 1 atom stereocenters. The molecule has 3 N–H and O–H groups in total. The summed E-state index contributed by atoms with van der Waals surface area (Å²) in [6.45, 7) is 2.82. The van der Waals surface area contributed by atoms with Crippen molar-refractivity contribution < 1.29 is 28.7 Å². The zero-order valence-corrected chi connectivity index (χ0v) is 16.1. The molecule has 0 bridgehead atoms. The molecule has 8 heteroatoms. The van der Waals surface area contributed by atoms with Crippen molar-refractivity contribution in [1.82, 2.24) is 0 Å². The maximum atomic E-state index is 12.1. The Labute approximate surface area is 168 Å². The Hall–Kier alpha value is -3.68. The molecule has 2 aromatic rings. The third-order valence-corrected chi connectivity index (χ3v) is 3.97. The van der Waals surface area contributed by atoms with Crippen molar-refractivity contribution in [3.05, 3.63) is 59.7 Å². The highest BCUT2D eigenvalue weighted by Gasteiger charge is 2.18. The molecule has 2 amide bonds. The fraction of sp³-hybridized carbons (Fsp3) is 0.238. The number of hydrogen-bond acceptors (Lipinski definition) is 6. The van der Waals surface area contributed by atoms with Gasteiger partial charge in [-0.3, -0.25) is 14.4 Å². The molecular weight excluding hydrogens is 376 g/mol. The largest absolute Gasteiger partial charge is 0.482 e. The number of ether oxygens (including phenoxy) is 2. The molecule has 29 heavy (non-hydrogen) atoms. The van der Waals surface area contributed by atoms with E-state index in [0.717, 1.165) is 0 Å². The normalized spacial score (nSPS) is 11.2. The van der Waals surface area contributed by atoms with Gasteiger partial charge in [0.1, 0.15) is 5.75 Å². The zero-order chi connectivity index (χ0) is 21.4. The molecule has 2 aromatic carbocycles. The average Bonchev–Trinajstić information content (AvgIpc) is 2.72. The van der Waals surface area contributed by atoms with Crippen LogP contribution in [-0.2, 0) is 14.3 Å². The van der Waals surface area contributed by atoms with Crippen LogP contribution < -0.4 is 15.8 Å². The van der Waals surface area contributed by atoms with Gasteiger partial charge >= 0.3 is 5.97 Å². The maximum Gasteiger partial charge on any atom is 0.344 e. The van der Waals surface area contributed by atoms with E-state index in [1.165, 1.54) is 31.2 Å². The maximum absolute atomic E-state index is 12.1. The summed E-state index contributed by atoms with van der Waals surface area (Å²) < 4.78 is 10.4. The van der Waals surface area contributed by atoms with Gasteiger partial charge in [-0.15, -0.1) is 0 Å². The summed E-state index contributed by atoms with van der Waals surface area (Å²) in [5.74, 6) is -1.41. The first-order valence-corrected chi connectivity index (χ1v) is 8.96. The number of anilines is 1. The van der Waals surface area contributed by atoms with Gasteiger partial charge in [-0.05, 0) is 55.5 Å². The Balaban J connectivity index is 1.81. The number of primary amides is 1. The van der Waals surface area contributed by atoms with Gasteiger partial charge in [-0.1, -0.05) is 6.92 Å². The van der Waals surface area contributed by atoms with E-state index in [-0.39, 0.29) is 12.4 Å². The van der Waals surface area contributed by atoms with E-state index in [0.29, 0.717) is 29.0 Å². The highest BCUT2D eigenvalue weighted by molar-refractivity contribution is 5.97. The van der Waals surface area contributed by atoms with E-state index in [2.05, 4.69) is 5.32 Å². The van der Waals surface area contributed by atoms with Gasteiger partial charge in [0, 0.05) is 23.2 Å². The van der Waals surface area contributed by atoms with Crippen molar-refractivity contribution in [1.29, 1.82) is 0 Å². The number of carbonyl (C=O) groups is 4. The van der Waals surface area contributed by atoms with Gasteiger partial charge < -0.3 is 20.5 Å². The van der Waals surface area contributed by atoms with Crippen LogP contribution in [0.25, 0.3) is 0 Å². The molecule has 2 rings (SSSR count). The molecular formula is C21H22N2O6. The Bertz CT molecular complexity index is 890. The lowest BCUT2D eigenvalue weighted by Gasteiger charge is -2.14. The lowest BCUT2D eigenvalue weighted by Crippen LogP contribution is -2.31. The molecule has 0 saturated heterocycles. The Morgan fingerprint density at radius 3 is 2.10 bits per heavy atom. The third-order valence-electron chi connectivity index (χ3n) is 3.97. The van der Waals surface area contributed by atoms with Crippen molar-refractivity contribution in [3.8, 4) is 5.75 Å². The molecule has 0 unspecified atom stereocenters. The van der Waals surface area contributed by atoms with Gasteiger partial charge in [-0.2, -0.15) is 0 Å². The zero-order valence-electron chi connectivity index (χ0n) is 16.1. The minimum absolute atomic E-state index is 0.0139. The second kappa shape index (κ2) is 10.0. The molecule has 0 aliphatic rings. The van der Waals surface area contributed by atoms with Gasteiger partial charge in [0.15, 0.2) is 18.5 Å². The topological polar surface area (TPSA) is 125 Å². The number of esters is 1. The van der Waals surface area contributed by atoms with Crippen LogP contribution in [0.3, 0.4) is 0 Å². The first-order valence-electron chi connectivity index (χ1n) is 8.96. The number of ketones is 1. The summed E-state index contributed by atoms with van der Waals surface area (Å²) in [6, 6.07) is 12.4. The predicted molar refractivity (Wildman–Crippen MR) is 106 cm³/mol. The predicted octanol–water partition coefficient (Wildman–Crippen LogP) is 2.33. The molecule has 8 nitrogen and oxygen atoms in total. The summed E-state index contributed by atoms with van der Waals surface area (Å²) in [6.07, 6.45) is -0.645. The Morgan fingerprint density at radius 2 is 1.55 bits per heavy atom. The summed E-state index contributed by atoms with van der Waals surface area (Å²) in [5.41, 5.74) is 6.46. The number of benzene rings is 2. The van der Waals surface area contributed by atoms with E-state index in [9.17, 15) is 19.2 Å². The van der Waals surface area contributed by atoms with Crippen LogP contribution in [0.4, 0.5) is 5.69 Å². The first kappa shape index (κ1) is 21.6. The quantitative estimate of drug-likeness (QED) is 0.493. The van der Waals surface area contributed by atoms with Gasteiger partial charge in [0.05, 0.1) is 0 Å². The second-order valence-electron chi connectivity index (χ2n) is 6.15. The number of carbonyl (C=O) groups excluding carboxylic acids is 4. The molecule has 0 heterocycles. The van der Waals surface area contributed by atoms with Crippen molar-refractivity contribution in [2.75, 3.05) is 11.9 Å². The van der Waals surface area contributed by atoms with Crippen LogP contribution in [0.2, 0.25) is 0 Å². The van der Waals surface area contributed by atoms with Crippen molar-refractivity contribution >= 4 is 29.3 Å². The Kier molecular flexibility index (Phi) is 7.47. The molecule has 0 aromatic heterocycles. The van der Waals surface area contributed by atoms with Crippen LogP contribution in [-0.4, -0.2) is 36.3 Å². The molecule has 0 aliphatic heterocycles. The number of Topliss-reactive ketones (excluding diaryl/α,β-unsaturated/α-hetero) is 1. The number of rotatable bonds is 9. The molecule has 0 saturated carbocycles. The van der Waals surface area contributed by atoms with Crippen LogP contribution >= 0.6 is 0 Å². The second-order valence-corrected chi connectivity index (χ2v) is 6.15. The Morgan fingerprint density at radius 1 is 0.966 bits per heavy atom. The van der Waals surface area contributed by atoms with Crippen molar-refractivity contribution in [3.63, 3.8) is 0 Å². The molecule has 152 valence electrons. The number of nitrogens with one attached hydrogen (secondary N) is 1. The summed E-state index contributed by atoms with van der Waals surface area (Å²) in [4.78, 5) is 46.6. The van der Waals surface area contributed by atoms with E-state index >= 15 is 0 Å². The highest BCUT2D eigenvalue weighted by atomic mass is 16.6. The summed E-state index contributed by atoms with van der Waals surface area (Å²) in [7, 11) is 0.